The number of hydrogen-bond donors (Lipinski definition) is 0. The van der Waals surface area contributed by atoms with Crippen molar-refractivity contribution in [1.82, 2.24) is 0 Å². The van der Waals surface area contributed by atoms with E-state index in [0.29, 0.717) is 5.54 Å². The number of fused-ring (bicyclic) bond motifs is 3. The monoisotopic (exact) mass is 244 g/mol. The van der Waals surface area contributed by atoms with Crippen LogP contribution in [0.4, 0.5) is 0 Å². The molecule has 0 saturated heterocycles. The zero-order chi connectivity index (χ0) is 11.1. The maximum atomic E-state index is 6.48. The molecule has 0 aromatic heterocycles. The van der Waals surface area contributed by atoms with Crippen molar-refractivity contribution in [2.24, 2.45) is 0 Å². The quantitative estimate of drug-likeness (QED) is 0.527. The van der Waals surface area contributed by atoms with Gasteiger partial charge in [0.2, 0.25) is 0 Å². The molecule has 2 heteroatoms. The van der Waals surface area contributed by atoms with Crippen molar-refractivity contribution in [3.63, 3.8) is 0 Å². The molecule has 0 radical (unpaired) electrons. The van der Waals surface area contributed by atoms with Crippen molar-refractivity contribution in [2.75, 3.05) is 0 Å². The normalized spacial score (nSPS) is 15.6. The third-order valence-electron chi connectivity index (χ3n) is 3.34. The third kappa shape index (κ3) is 1.35. The second kappa shape index (κ2) is 3.76. The van der Waals surface area contributed by atoms with Gasteiger partial charge in [-0.05, 0) is 22.3 Å². The van der Waals surface area contributed by atoms with Gasteiger partial charge in [-0.3, -0.25) is 0 Å². The van der Waals surface area contributed by atoms with E-state index in [2.05, 4.69) is 55.1 Å². The van der Waals surface area contributed by atoms with Crippen LogP contribution in [0.1, 0.15) is 16.7 Å². The first kappa shape index (κ1) is 10.1. The van der Waals surface area contributed by atoms with Gasteiger partial charge >= 0.3 is 0 Å². The first-order valence-electron chi connectivity index (χ1n) is 5.61. The molecule has 2 aromatic carbocycles. The molecule has 0 amide bonds. The van der Waals surface area contributed by atoms with Crippen LogP contribution in [-0.2, 0) is 0 Å². The topological polar surface area (TPSA) is 0 Å². The zero-order valence-electron chi connectivity index (χ0n) is 9.15. The van der Waals surface area contributed by atoms with Gasteiger partial charge in [-0.15, -0.1) is 0 Å². The first-order valence-corrected chi connectivity index (χ1v) is 9.18. The highest BCUT2D eigenvalue weighted by Gasteiger charge is 2.31. The lowest BCUT2D eigenvalue weighted by Gasteiger charge is -2.14. The molecule has 0 fully saturated rings. The Balaban J connectivity index is 2.30. The summed E-state index contributed by atoms with van der Waals surface area (Å²) in [5, 5.41) is 0. The molecule has 1 unspecified atom stereocenters. The Kier molecular flexibility index (Phi) is 2.38. The van der Waals surface area contributed by atoms with E-state index in [4.69, 9.17) is 11.1 Å². The van der Waals surface area contributed by atoms with E-state index in [9.17, 15) is 0 Å². The van der Waals surface area contributed by atoms with E-state index in [1.807, 2.05) is 0 Å². The van der Waals surface area contributed by atoms with Gasteiger partial charge in [-0.25, -0.2) is 0 Å². The van der Waals surface area contributed by atoms with Crippen molar-refractivity contribution in [3.8, 4) is 11.1 Å². The van der Waals surface area contributed by atoms with Crippen LogP contribution < -0.4 is 0 Å². The standard InChI is InChI=1S/C14H13ClSi/c1-16(15)14-12-8-4-2-6-10(12)11-7-3-5-9-13(11)14/h2-9,14,16H,1H3. The summed E-state index contributed by atoms with van der Waals surface area (Å²) < 4.78 is 0. The molecule has 0 aliphatic heterocycles. The lowest BCUT2D eigenvalue weighted by atomic mass is 10.1. The minimum absolute atomic E-state index is 0.481. The van der Waals surface area contributed by atoms with E-state index < -0.39 is 8.11 Å². The molecule has 16 heavy (non-hydrogen) atoms. The van der Waals surface area contributed by atoms with Crippen LogP contribution in [0.5, 0.6) is 0 Å². The lowest BCUT2D eigenvalue weighted by molar-refractivity contribution is 1.17. The van der Waals surface area contributed by atoms with Crippen molar-refractivity contribution >= 4 is 19.2 Å². The molecule has 0 N–H and O–H groups in total. The summed E-state index contributed by atoms with van der Waals surface area (Å²) in [4.78, 5) is 0. The van der Waals surface area contributed by atoms with E-state index in [1.165, 1.54) is 22.3 Å². The molecule has 80 valence electrons. The van der Waals surface area contributed by atoms with Crippen LogP contribution in [0.15, 0.2) is 48.5 Å². The predicted molar refractivity (Wildman–Crippen MR) is 72.6 cm³/mol. The molecule has 0 nitrogen and oxygen atoms in total. The molecular formula is C14H13ClSi. The molecule has 0 spiro atoms. The van der Waals surface area contributed by atoms with Gasteiger partial charge in [0.1, 0.15) is 8.11 Å². The molecule has 2 aromatic rings. The zero-order valence-corrected chi connectivity index (χ0v) is 11.1. The van der Waals surface area contributed by atoms with Gasteiger partial charge in [-0.2, -0.15) is 11.1 Å². The largest absolute Gasteiger partial charge is 0.171 e. The smallest absolute Gasteiger partial charge is 0.149 e. The van der Waals surface area contributed by atoms with E-state index in [0.717, 1.165) is 0 Å². The van der Waals surface area contributed by atoms with Gasteiger partial charge in [0, 0.05) is 5.54 Å². The van der Waals surface area contributed by atoms with Gasteiger partial charge in [-0.1, -0.05) is 55.1 Å². The summed E-state index contributed by atoms with van der Waals surface area (Å²) in [7, 11) is -1.22. The van der Waals surface area contributed by atoms with Crippen molar-refractivity contribution in [2.45, 2.75) is 12.1 Å². The Hall–Kier alpha value is -1.05. The Bertz CT molecular complexity index is 488. The van der Waals surface area contributed by atoms with Crippen molar-refractivity contribution in [1.29, 1.82) is 0 Å². The fraction of sp³-hybridized carbons (Fsp3) is 0.143. The fourth-order valence-electron chi connectivity index (χ4n) is 2.69. The molecule has 1 aliphatic rings. The Morgan fingerprint density at radius 2 is 1.31 bits per heavy atom. The second-order valence-corrected chi connectivity index (χ2v) is 8.42. The fourth-order valence-corrected chi connectivity index (χ4v) is 5.07. The molecule has 3 rings (SSSR count). The lowest BCUT2D eigenvalue weighted by Crippen LogP contribution is -2.12. The van der Waals surface area contributed by atoms with Gasteiger partial charge in [0.15, 0.2) is 0 Å². The summed E-state index contributed by atoms with van der Waals surface area (Å²) in [5.41, 5.74) is 6.09. The van der Waals surface area contributed by atoms with Gasteiger partial charge in [0.25, 0.3) is 0 Å². The summed E-state index contributed by atoms with van der Waals surface area (Å²) in [5.74, 6) is 0. The summed E-state index contributed by atoms with van der Waals surface area (Å²) in [6.07, 6.45) is 0. The van der Waals surface area contributed by atoms with Gasteiger partial charge in [0.05, 0.1) is 0 Å². The van der Waals surface area contributed by atoms with Crippen LogP contribution in [0, 0.1) is 0 Å². The highest BCUT2D eigenvalue weighted by Crippen LogP contribution is 2.46. The van der Waals surface area contributed by atoms with Crippen LogP contribution in [0.25, 0.3) is 11.1 Å². The van der Waals surface area contributed by atoms with Crippen LogP contribution in [0.2, 0.25) is 6.55 Å². The van der Waals surface area contributed by atoms with E-state index in [-0.39, 0.29) is 0 Å². The highest BCUT2D eigenvalue weighted by atomic mass is 35.6. The Labute approximate surface area is 102 Å². The average molecular weight is 245 g/mol. The first-order chi connectivity index (χ1) is 7.79. The number of halogens is 1. The predicted octanol–water partition coefficient (Wildman–Crippen LogP) is 3.93. The van der Waals surface area contributed by atoms with Crippen molar-refractivity contribution < 1.29 is 0 Å². The van der Waals surface area contributed by atoms with Crippen LogP contribution >= 0.6 is 11.1 Å². The Morgan fingerprint density at radius 1 is 0.875 bits per heavy atom. The molecule has 1 atom stereocenters. The minimum Gasteiger partial charge on any atom is -0.171 e. The number of benzene rings is 2. The highest BCUT2D eigenvalue weighted by molar-refractivity contribution is 7.07. The molecule has 0 saturated carbocycles. The SMILES string of the molecule is C[SiH](Cl)C1c2ccccc2-c2ccccc21. The van der Waals surface area contributed by atoms with Crippen molar-refractivity contribution in [3.05, 3.63) is 59.7 Å². The van der Waals surface area contributed by atoms with Crippen LogP contribution in [0.3, 0.4) is 0 Å². The van der Waals surface area contributed by atoms with E-state index >= 15 is 0 Å². The number of hydrogen-bond acceptors (Lipinski definition) is 0. The second-order valence-electron chi connectivity index (χ2n) is 4.33. The summed E-state index contributed by atoms with van der Waals surface area (Å²) in [6.45, 7) is 2.21. The maximum Gasteiger partial charge on any atom is 0.149 e. The maximum absolute atomic E-state index is 6.48. The Morgan fingerprint density at radius 3 is 1.75 bits per heavy atom. The number of rotatable bonds is 1. The minimum atomic E-state index is -1.22. The molecule has 0 bridgehead atoms. The van der Waals surface area contributed by atoms with E-state index in [1.54, 1.807) is 0 Å². The average Bonchev–Trinajstić information content (AvgIpc) is 2.63. The molecular weight excluding hydrogens is 232 g/mol. The molecule has 0 heterocycles. The molecule has 1 aliphatic carbocycles. The summed E-state index contributed by atoms with van der Waals surface area (Å²) in [6, 6.07) is 17.3. The van der Waals surface area contributed by atoms with Gasteiger partial charge < -0.3 is 0 Å². The van der Waals surface area contributed by atoms with Crippen LogP contribution in [-0.4, -0.2) is 8.11 Å². The summed E-state index contributed by atoms with van der Waals surface area (Å²) >= 11 is 6.48. The third-order valence-corrected chi connectivity index (χ3v) is 5.73.